The maximum Gasteiger partial charge on any atom is 0.319 e. The van der Waals surface area contributed by atoms with Crippen LogP contribution in [0.2, 0.25) is 0 Å². The zero-order chi connectivity index (χ0) is 23.1. The van der Waals surface area contributed by atoms with Crippen molar-refractivity contribution in [2.45, 2.75) is 19.8 Å². The third-order valence-electron chi connectivity index (χ3n) is 4.57. The van der Waals surface area contributed by atoms with E-state index in [9.17, 15) is 19.6 Å². The van der Waals surface area contributed by atoms with Crippen molar-refractivity contribution in [3.8, 4) is 11.8 Å². The van der Waals surface area contributed by atoms with E-state index in [0.717, 1.165) is 11.8 Å². The van der Waals surface area contributed by atoms with Crippen molar-refractivity contribution in [3.05, 3.63) is 38.8 Å². The first kappa shape index (κ1) is 24.8. The molecule has 1 aromatic carbocycles. The fourth-order valence-electron chi connectivity index (χ4n) is 3.06. The summed E-state index contributed by atoms with van der Waals surface area (Å²) in [7, 11) is 2.71. The zero-order valence-electron chi connectivity index (χ0n) is 17.7. The van der Waals surface area contributed by atoms with Crippen LogP contribution < -0.4 is 15.4 Å². The van der Waals surface area contributed by atoms with Gasteiger partial charge in [0.1, 0.15) is 11.7 Å². The predicted octanol–water partition coefficient (Wildman–Crippen LogP) is 2.70. The molecule has 0 radical (unpaired) electrons. The van der Waals surface area contributed by atoms with Gasteiger partial charge in [-0.05, 0) is 39.5 Å². The fraction of sp³-hybridized carbons (Fsp3) is 0.429. The standard InChI is InChI=1S/C21H24BrN3O5S/c1-11(2)9-24-16(26)10-31-20-13(8-23)17(18(19(27)25-20)21(28)30-4)12-5-6-15(29-3)14(22)7-12/h5-7,11,17-18H,9-10H2,1-4H3,(H,24,26)(H,25,27)/t17-,18-/m1/s1. The molecule has 0 aliphatic carbocycles. The molecule has 2 N–H and O–H groups in total. The molecule has 0 bridgehead atoms. The van der Waals surface area contributed by atoms with Crippen molar-refractivity contribution < 1.29 is 23.9 Å². The molecule has 0 aromatic heterocycles. The molecule has 1 aromatic rings. The summed E-state index contributed by atoms with van der Waals surface area (Å²) in [6.07, 6.45) is 0. The highest BCUT2D eigenvalue weighted by molar-refractivity contribution is 9.10. The fourth-order valence-corrected chi connectivity index (χ4v) is 4.50. The Morgan fingerprint density at radius 3 is 2.61 bits per heavy atom. The summed E-state index contributed by atoms with van der Waals surface area (Å²) in [4.78, 5) is 37.3. The van der Waals surface area contributed by atoms with Gasteiger partial charge in [-0.3, -0.25) is 14.4 Å². The Balaban J connectivity index is 2.44. The second-order valence-corrected chi connectivity index (χ2v) is 9.04. The van der Waals surface area contributed by atoms with Gasteiger partial charge in [0.15, 0.2) is 0 Å². The van der Waals surface area contributed by atoms with Crippen molar-refractivity contribution in [1.29, 1.82) is 5.26 Å². The van der Waals surface area contributed by atoms with E-state index in [0.29, 0.717) is 28.2 Å². The molecule has 31 heavy (non-hydrogen) atoms. The summed E-state index contributed by atoms with van der Waals surface area (Å²) in [5.41, 5.74) is 0.755. The monoisotopic (exact) mass is 509 g/mol. The van der Waals surface area contributed by atoms with Crippen LogP contribution in [0.15, 0.2) is 33.3 Å². The molecule has 1 aliphatic heterocycles. The molecular weight excluding hydrogens is 486 g/mol. The quantitative estimate of drug-likeness (QED) is 0.408. The lowest BCUT2D eigenvalue weighted by Crippen LogP contribution is -2.44. The minimum atomic E-state index is -1.24. The molecular formula is C21H24BrN3O5S. The highest BCUT2D eigenvalue weighted by atomic mass is 79.9. The number of ether oxygens (including phenoxy) is 2. The van der Waals surface area contributed by atoms with E-state index in [1.54, 1.807) is 18.2 Å². The Labute approximate surface area is 193 Å². The maximum absolute atomic E-state index is 12.8. The first-order valence-corrected chi connectivity index (χ1v) is 11.3. The molecule has 0 spiro atoms. The third-order valence-corrected chi connectivity index (χ3v) is 6.21. The van der Waals surface area contributed by atoms with Crippen LogP contribution in [-0.4, -0.2) is 44.3 Å². The van der Waals surface area contributed by atoms with Gasteiger partial charge in [0.25, 0.3) is 0 Å². The summed E-state index contributed by atoms with van der Waals surface area (Å²) in [6, 6.07) is 7.19. The van der Waals surface area contributed by atoms with Crippen LogP contribution >= 0.6 is 27.7 Å². The number of amides is 2. The minimum absolute atomic E-state index is 0.0232. The number of thioether (sulfide) groups is 1. The van der Waals surface area contributed by atoms with Crippen LogP contribution in [0.3, 0.4) is 0 Å². The van der Waals surface area contributed by atoms with E-state index in [-0.39, 0.29) is 22.3 Å². The maximum atomic E-state index is 12.8. The summed E-state index contributed by atoms with van der Waals surface area (Å²) in [5.74, 6) is -2.76. The Kier molecular flexibility index (Phi) is 8.95. The van der Waals surface area contributed by atoms with Crippen molar-refractivity contribution >= 4 is 45.5 Å². The van der Waals surface area contributed by atoms with Crippen LogP contribution in [0.4, 0.5) is 0 Å². The largest absolute Gasteiger partial charge is 0.496 e. The Morgan fingerprint density at radius 2 is 2.06 bits per heavy atom. The van der Waals surface area contributed by atoms with Crippen molar-refractivity contribution in [1.82, 2.24) is 10.6 Å². The number of carbonyl (C=O) groups is 3. The van der Waals surface area contributed by atoms with E-state index < -0.39 is 23.7 Å². The molecule has 1 heterocycles. The highest BCUT2D eigenvalue weighted by Gasteiger charge is 2.44. The van der Waals surface area contributed by atoms with Crippen molar-refractivity contribution in [2.24, 2.45) is 11.8 Å². The molecule has 166 valence electrons. The van der Waals surface area contributed by atoms with Gasteiger partial charge in [-0.1, -0.05) is 31.7 Å². The van der Waals surface area contributed by atoms with Gasteiger partial charge in [0.2, 0.25) is 11.8 Å². The van der Waals surface area contributed by atoms with Crippen LogP contribution in [0, 0.1) is 23.2 Å². The number of rotatable bonds is 8. The third kappa shape index (κ3) is 6.02. The van der Waals surface area contributed by atoms with Crippen LogP contribution in [0.5, 0.6) is 5.75 Å². The van der Waals surface area contributed by atoms with E-state index in [4.69, 9.17) is 9.47 Å². The van der Waals surface area contributed by atoms with Gasteiger partial charge in [-0.2, -0.15) is 5.26 Å². The number of allylic oxidation sites excluding steroid dienone is 1. The average molecular weight is 510 g/mol. The number of hydrogen-bond donors (Lipinski definition) is 2. The normalized spacial score (nSPS) is 18.3. The molecule has 0 saturated carbocycles. The molecule has 10 heteroatoms. The van der Waals surface area contributed by atoms with Crippen LogP contribution in [0.25, 0.3) is 0 Å². The lowest BCUT2D eigenvalue weighted by Gasteiger charge is -2.31. The number of carbonyl (C=O) groups excluding carboxylic acids is 3. The lowest BCUT2D eigenvalue weighted by molar-refractivity contribution is -0.150. The second-order valence-electron chi connectivity index (χ2n) is 7.20. The van der Waals surface area contributed by atoms with E-state index in [1.165, 1.54) is 14.2 Å². The molecule has 2 rings (SSSR count). The van der Waals surface area contributed by atoms with Gasteiger partial charge >= 0.3 is 5.97 Å². The van der Waals surface area contributed by atoms with Gasteiger partial charge in [-0.15, -0.1) is 0 Å². The number of halogens is 1. The van der Waals surface area contributed by atoms with Crippen LogP contribution in [-0.2, 0) is 19.1 Å². The molecule has 0 saturated heterocycles. The van der Waals surface area contributed by atoms with Gasteiger partial charge in [0, 0.05) is 12.5 Å². The Bertz CT molecular complexity index is 941. The molecule has 2 atom stereocenters. The molecule has 0 unspecified atom stereocenters. The van der Waals surface area contributed by atoms with Gasteiger partial charge < -0.3 is 20.1 Å². The number of benzene rings is 1. The summed E-state index contributed by atoms with van der Waals surface area (Å²) < 4.78 is 10.7. The van der Waals surface area contributed by atoms with Crippen molar-refractivity contribution in [3.63, 3.8) is 0 Å². The van der Waals surface area contributed by atoms with E-state index >= 15 is 0 Å². The SMILES string of the molecule is COC(=O)[C@H]1C(=O)NC(SCC(=O)NCC(C)C)=C(C#N)[C@H]1c1ccc(OC)c(Br)c1. The zero-order valence-corrected chi connectivity index (χ0v) is 20.1. The van der Waals surface area contributed by atoms with E-state index in [1.807, 2.05) is 13.8 Å². The molecule has 0 fully saturated rings. The average Bonchev–Trinajstić information content (AvgIpc) is 2.74. The predicted molar refractivity (Wildman–Crippen MR) is 120 cm³/mol. The first-order chi connectivity index (χ1) is 14.7. The topological polar surface area (TPSA) is 118 Å². The number of nitriles is 1. The molecule has 1 aliphatic rings. The Hall–Kier alpha value is -2.51. The highest BCUT2D eigenvalue weighted by Crippen LogP contribution is 2.41. The first-order valence-electron chi connectivity index (χ1n) is 9.49. The van der Waals surface area contributed by atoms with E-state index in [2.05, 4.69) is 32.6 Å². The smallest absolute Gasteiger partial charge is 0.319 e. The van der Waals surface area contributed by atoms with Crippen LogP contribution in [0.1, 0.15) is 25.3 Å². The second kappa shape index (κ2) is 11.2. The summed E-state index contributed by atoms with van der Waals surface area (Å²) in [6.45, 7) is 4.49. The number of nitrogens with zero attached hydrogens (tertiary/aromatic N) is 1. The number of nitrogens with one attached hydrogen (secondary N) is 2. The van der Waals surface area contributed by atoms with Gasteiger partial charge in [0.05, 0.1) is 41.1 Å². The number of hydrogen-bond acceptors (Lipinski definition) is 7. The summed E-state index contributed by atoms with van der Waals surface area (Å²) >= 11 is 4.45. The summed E-state index contributed by atoms with van der Waals surface area (Å²) in [5, 5.41) is 15.6. The number of methoxy groups -OCH3 is 2. The van der Waals surface area contributed by atoms with Crippen molar-refractivity contribution in [2.75, 3.05) is 26.5 Å². The van der Waals surface area contributed by atoms with Gasteiger partial charge in [-0.25, -0.2) is 0 Å². The molecule has 2 amide bonds. The number of esters is 1. The Morgan fingerprint density at radius 1 is 1.35 bits per heavy atom. The lowest BCUT2D eigenvalue weighted by atomic mass is 9.78. The minimum Gasteiger partial charge on any atom is -0.496 e. The molecule has 8 nitrogen and oxygen atoms in total.